The van der Waals surface area contributed by atoms with E-state index >= 15 is 0 Å². The highest BCUT2D eigenvalue weighted by atomic mass is 32.1. The van der Waals surface area contributed by atoms with Crippen molar-refractivity contribution in [1.29, 1.82) is 0 Å². The van der Waals surface area contributed by atoms with Crippen molar-refractivity contribution in [3.05, 3.63) is 70.1 Å². The number of carbonyl (C=O) groups excluding carboxylic acids is 1. The van der Waals surface area contributed by atoms with E-state index in [1.807, 2.05) is 36.6 Å². The normalized spacial score (nSPS) is 10.8. The van der Waals surface area contributed by atoms with Gasteiger partial charge in [-0.25, -0.2) is 4.98 Å². The number of benzene rings is 2. The van der Waals surface area contributed by atoms with E-state index in [1.165, 1.54) is 29.3 Å². The number of nitrogens with zero attached hydrogens (tertiary/aromatic N) is 2. The summed E-state index contributed by atoms with van der Waals surface area (Å²) >= 11 is 1.44. The molecule has 0 unspecified atom stereocenters. The minimum atomic E-state index is -0.243. The number of fused-ring (bicyclic) bond motifs is 1. The molecule has 0 atom stereocenters. The summed E-state index contributed by atoms with van der Waals surface area (Å²) in [6.45, 7) is 2.24. The SMILES string of the molecule is COc1ccc(OC)c(NC(=O)CCn2cnc3scc(-c4ccc(C)cc4)c3c2=O)c1. The monoisotopic (exact) mass is 449 g/mol. The molecule has 2 heterocycles. The highest BCUT2D eigenvalue weighted by molar-refractivity contribution is 7.17. The lowest BCUT2D eigenvalue weighted by Gasteiger charge is -2.12. The molecule has 7 nitrogen and oxygen atoms in total. The fourth-order valence-electron chi connectivity index (χ4n) is 3.42. The van der Waals surface area contributed by atoms with Crippen LogP contribution in [0.25, 0.3) is 21.3 Å². The molecule has 0 saturated heterocycles. The van der Waals surface area contributed by atoms with Crippen LogP contribution in [-0.2, 0) is 11.3 Å². The first-order valence-corrected chi connectivity index (χ1v) is 10.9. The van der Waals surface area contributed by atoms with Gasteiger partial charge in [0, 0.05) is 30.0 Å². The van der Waals surface area contributed by atoms with Crippen molar-refractivity contribution in [3.8, 4) is 22.6 Å². The molecule has 0 aliphatic heterocycles. The molecule has 32 heavy (non-hydrogen) atoms. The number of aromatic nitrogens is 2. The Morgan fingerprint density at radius 3 is 2.62 bits per heavy atom. The standard InChI is InChI=1S/C24H23N3O4S/c1-15-4-6-16(7-5-15)18-13-32-23-22(18)24(29)27(14-25-23)11-10-21(28)26-19-12-17(30-2)8-9-20(19)31-3/h4-9,12-14H,10-11H2,1-3H3,(H,26,28). The van der Waals surface area contributed by atoms with E-state index in [0.29, 0.717) is 27.4 Å². The van der Waals surface area contributed by atoms with Gasteiger partial charge in [0.1, 0.15) is 16.3 Å². The average molecular weight is 450 g/mol. The van der Waals surface area contributed by atoms with Gasteiger partial charge in [-0.3, -0.25) is 14.2 Å². The van der Waals surface area contributed by atoms with Crippen LogP contribution in [0.3, 0.4) is 0 Å². The predicted molar refractivity (Wildman–Crippen MR) is 127 cm³/mol. The second kappa shape index (κ2) is 9.23. The highest BCUT2D eigenvalue weighted by Crippen LogP contribution is 2.31. The Morgan fingerprint density at radius 1 is 1.12 bits per heavy atom. The van der Waals surface area contributed by atoms with Gasteiger partial charge in [-0.15, -0.1) is 11.3 Å². The van der Waals surface area contributed by atoms with Crippen molar-refractivity contribution in [2.45, 2.75) is 19.9 Å². The fourth-order valence-corrected chi connectivity index (χ4v) is 4.33. The van der Waals surface area contributed by atoms with Crippen LogP contribution in [0.1, 0.15) is 12.0 Å². The summed E-state index contributed by atoms with van der Waals surface area (Å²) < 4.78 is 12.0. The molecule has 0 aliphatic carbocycles. The molecule has 0 spiro atoms. The van der Waals surface area contributed by atoms with E-state index in [9.17, 15) is 9.59 Å². The summed E-state index contributed by atoms with van der Waals surface area (Å²) in [4.78, 5) is 30.8. The molecule has 164 valence electrons. The highest BCUT2D eigenvalue weighted by Gasteiger charge is 2.15. The van der Waals surface area contributed by atoms with Crippen LogP contribution in [0.15, 0.2) is 59.0 Å². The second-order valence-corrected chi connectivity index (χ2v) is 8.16. The van der Waals surface area contributed by atoms with Crippen molar-refractivity contribution >= 4 is 33.1 Å². The smallest absolute Gasteiger partial charge is 0.262 e. The van der Waals surface area contributed by atoms with Crippen molar-refractivity contribution in [2.24, 2.45) is 0 Å². The number of thiophene rings is 1. The summed E-state index contributed by atoms with van der Waals surface area (Å²) in [6, 6.07) is 13.2. The number of amides is 1. The summed E-state index contributed by atoms with van der Waals surface area (Å²) in [5.41, 5.74) is 3.35. The van der Waals surface area contributed by atoms with Gasteiger partial charge in [0.05, 0.1) is 31.6 Å². The maximum absolute atomic E-state index is 13.2. The minimum absolute atomic E-state index is 0.109. The quantitative estimate of drug-likeness (QED) is 0.450. The average Bonchev–Trinajstić information content (AvgIpc) is 3.24. The molecule has 0 aliphatic rings. The first kappa shape index (κ1) is 21.6. The maximum atomic E-state index is 13.2. The number of hydrogen-bond acceptors (Lipinski definition) is 6. The molecule has 0 bridgehead atoms. The number of anilines is 1. The van der Waals surface area contributed by atoms with Crippen LogP contribution >= 0.6 is 11.3 Å². The molecular weight excluding hydrogens is 426 g/mol. The molecule has 4 rings (SSSR count). The van der Waals surface area contributed by atoms with Crippen molar-refractivity contribution in [2.75, 3.05) is 19.5 Å². The molecule has 2 aromatic heterocycles. The first-order chi connectivity index (χ1) is 15.5. The Bertz CT molecular complexity index is 1330. The number of aryl methyl sites for hydroxylation is 2. The number of ether oxygens (including phenoxy) is 2. The van der Waals surface area contributed by atoms with E-state index in [-0.39, 0.29) is 24.4 Å². The van der Waals surface area contributed by atoms with Gasteiger partial charge in [-0.1, -0.05) is 29.8 Å². The van der Waals surface area contributed by atoms with E-state index in [4.69, 9.17) is 9.47 Å². The van der Waals surface area contributed by atoms with Crippen molar-refractivity contribution in [1.82, 2.24) is 9.55 Å². The minimum Gasteiger partial charge on any atom is -0.497 e. The van der Waals surface area contributed by atoms with Gasteiger partial charge in [-0.2, -0.15) is 0 Å². The van der Waals surface area contributed by atoms with Gasteiger partial charge in [-0.05, 0) is 24.6 Å². The van der Waals surface area contributed by atoms with Gasteiger partial charge in [0.15, 0.2) is 0 Å². The molecule has 0 radical (unpaired) electrons. The van der Waals surface area contributed by atoms with Crippen LogP contribution in [0, 0.1) is 6.92 Å². The van der Waals surface area contributed by atoms with Crippen LogP contribution in [0.5, 0.6) is 11.5 Å². The summed E-state index contributed by atoms with van der Waals surface area (Å²) in [7, 11) is 3.09. The molecule has 0 saturated carbocycles. The lowest BCUT2D eigenvalue weighted by atomic mass is 10.1. The summed E-state index contributed by atoms with van der Waals surface area (Å²) in [6.07, 6.45) is 1.61. The van der Waals surface area contributed by atoms with Gasteiger partial charge < -0.3 is 14.8 Å². The molecule has 1 amide bonds. The van der Waals surface area contributed by atoms with Crippen LogP contribution < -0.4 is 20.3 Å². The number of hydrogen-bond donors (Lipinski definition) is 1. The predicted octanol–water partition coefficient (Wildman–Crippen LogP) is 4.48. The first-order valence-electron chi connectivity index (χ1n) is 10.1. The van der Waals surface area contributed by atoms with Crippen LogP contribution in [0.2, 0.25) is 0 Å². The van der Waals surface area contributed by atoms with Gasteiger partial charge in [0.25, 0.3) is 5.56 Å². The zero-order chi connectivity index (χ0) is 22.7. The van der Waals surface area contributed by atoms with E-state index < -0.39 is 0 Å². The number of carbonyl (C=O) groups is 1. The maximum Gasteiger partial charge on any atom is 0.262 e. The number of methoxy groups -OCH3 is 2. The number of nitrogens with one attached hydrogen (secondary N) is 1. The summed E-state index contributed by atoms with van der Waals surface area (Å²) in [5, 5.41) is 5.36. The molecule has 4 aromatic rings. The molecule has 2 aromatic carbocycles. The summed E-state index contributed by atoms with van der Waals surface area (Å²) in [5.74, 6) is 0.890. The van der Waals surface area contributed by atoms with Gasteiger partial charge in [0.2, 0.25) is 5.91 Å². The van der Waals surface area contributed by atoms with Crippen LogP contribution in [0.4, 0.5) is 5.69 Å². The zero-order valence-corrected chi connectivity index (χ0v) is 18.9. The lowest BCUT2D eigenvalue weighted by molar-refractivity contribution is -0.116. The Labute approximate surface area is 189 Å². The zero-order valence-electron chi connectivity index (χ0n) is 18.0. The lowest BCUT2D eigenvalue weighted by Crippen LogP contribution is -2.23. The third kappa shape index (κ3) is 4.36. The molecular formula is C24H23N3O4S. The third-order valence-electron chi connectivity index (χ3n) is 5.18. The third-order valence-corrected chi connectivity index (χ3v) is 6.07. The Kier molecular flexibility index (Phi) is 6.23. The molecule has 0 fully saturated rings. The van der Waals surface area contributed by atoms with Gasteiger partial charge >= 0.3 is 0 Å². The molecule has 1 N–H and O–H groups in total. The number of rotatable bonds is 7. The Hall–Kier alpha value is -3.65. The Morgan fingerprint density at radius 2 is 1.91 bits per heavy atom. The fraction of sp³-hybridized carbons (Fsp3) is 0.208. The van der Waals surface area contributed by atoms with Crippen molar-refractivity contribution < 1.29 is 14.3 Å². The van der Waals surface area contributed by atoms with Crippen molar-refractivity contribution in [3.63, 3.8) is 0 Å². The van der Waals surface area contributed by atoms with E-state index in [0.717, 1.165) is 16.7 Å². The van der Waals surface area contributed by atoms with E-state index in [1.54, 1.807) is 25.3 Å². The molecule has 8 heteroatoms. The Balaban J connectivity index is 1.54. The van der Waals surface area contributed by atoms with E-state index in [2.05, 4.69) is 10.3 Å². The largest absolute Gasteiger partial charge is 0.497 e. The van der Waals surface area contributed by atoms with Crippen LogP contribution in [-0.4, -0.2) is 29.7 Å². The topological polar surface area (TPSA) is 82.4 Å². The second-order valence-electron chi connectivity index (χ2n) is 7.30.